The molecule has 0 bridgehead atoms. The number of aromatic amines is 1. The highest BCUT2D eigenvalue weighted by Gasteiger charge is 2.26. The van der Waals surface area contributed by atoms with Crippen molar-refractivity contribution >= 4 is 22.9 Å². The third-order valence-electron chi connectivity index (χ3n) is 6.00. The van der Waals surface area contributed by atoms with E-state index in [1.54, 1.807) is 13.2 Å². The Labute approximate surface area is 174 Å². The van der Waals surface area contributed by atoms with Gasteiger partial charge in [0.1, 0.15) is 17.5 Å². The van der Waals surface area contributed by atoms with Gasteiger partial charge in [0.2, 0.25) is 5.95 Å². The van der Waals surface area contributed by atoms with Crippen LogP contribution in [0.4, 0.5) is 5.95 Å². The van der Waals surface area contributed by atoms with Crippen LogP contribution in [0.1, 0.15) is 47.7 Å². The lowest BCUT2D eigenvalue weighted by molar-refractivity contribution is 0.0681. The van der Waals surface area contributed by atoms with Gasteiger partial charge < -0.3 is 25.1 Å². The first-order chi connectivity index (χ1) is 14.7. The number of fused-ring (bicyclic) bond motifs is 2. The van der Waals surface area contributed by atoms with Crippen LogP contribution < -0.4 is 15.4 Å². The number of aromatic nitrogens is 3. The molecule has 0 saturated heterocycles. The highest BCUT2D eigenvalue weighted by Crippen LogP contribution is 2.31. The van der Waals surface area contributed by atoms with Crippen LogP contribution in [0.5, 0.6) is 5.75 Å². The first-order valence-electron chi connectivity index (χ1n) is 10.4. The minimum absolute atomic E-state index is 0.126. The van der Waals surface area contributed by atoms with Crippen molar-refractivity contribution in [1.82, 2.24) is 20.3 Å². The van der Waals surface area contributed by atoms with E-state index >= 15 is 0 Å². The minimum Gasteiger partial charge on any atom is -0.483 e. The summed E-state index contributed by atoms with van der Waals surface area (Å²) in [6, 6.07) is 7.64. The van der Waals surface area contributed by atoms with Gasteiger partial charge in [-0.1, -0.05) is 12.1 Å². The summed E-state index contributed by atoms with van der Waals surface area (Å²) in [5, 5.41) is 7.28. The van der Waals surface area contributed by atoms with Crippen LogP contribution in [-0.4, -0.2) is 46.7 Å². The molecule has 0 radical (unpaired) electrons. The number of H-pyrrole nitrogens is 1. The topological polar surface area (TPSA) is 101 Å². The molecule has 2 aromatic heterocycles. The summed E-state index contributed by atoms with van der Waals surface area (Å²) in [6.45, 7) is 0.378. The monoisotopic (exact) mass is 407 g/mol. The molecule has 0 spiro atoms. The smallest absolute Gasteiger partial charge is 0.255 e. The molecule has 1 aliphatic carbocycles. The number of para-hydroxylation sites is 1. The number of nitrogens with one attached hydrogen (secondary N) is 3. The lowest BCUT2D eigenvalue weighted by atomic mass is 9.93. The number of hydrogen-bond donors (Lipinski definition) is 3. The lowest BCUT2D eigenvalue weighted by Gasteiger charge is -2.28. The number of methoxy groups -OCH3 is 1. The van der Waals surface area contributed by atoms with E-state index in [0.717, 1.165) is 42.3 Å². The molecule has 1 aromatic carbocycles. The summed E-state index contributed by atoms with van der Waals surface area (Å²) in [6.07, 6.45) is 7.94. The maximum Gasteiger partial charge on any atom is 0.255 e. The van der Waals surface area contributed by atoms with Crippen molar-refractivity contribution in [3.8, 4) is 5.75 Å². The summed E-state index contributed by atoms with van der Waals surface area (Å²) < 4.78 is 11.6. The fourth-order valence-electron chi connectivity index (χ4n) is 4.29. The van der Waals surface area contributed by atoms with E-state index < -0.39 is 0 Å². The zero-order valence-electron chi connectivity index (χ0n) is 16.9. The predicted molar refractivity (Wildman–Crippen MR) is 113 cm³/mol. The van der Waals surface area contributed by atoms with E-state index in [2.05, 4.69) is 25.6 Å². The molecule has 1 unspecified atom stereocenters. The van der Waals surface area contributed by atoms with Crippen LogP contribution in [0.15, 0.2) is 36.7 Å². The molecule has 2 aliphatic rings. The normalized spacial score (nSPS) is 23.9. The first-order valence-corrected chi connectivity index (χ1v) is 10.4. The van der Waals surface area contributed by atoms with E-state index in [1.165, 1.54) is 0 Å². The average molecular weight is 407 g/mol. The minimum atomic E-state index is -0.321. The van der Waals surface area contributed by atoms with Crippen molar-refractivity contribution in [2.24, 2.45) is 0 Å². The van der Waals surface area contributed by atoms with Crippen LogP contribution in [0, 0.1) is 0 Å². The molecule has 1 fully saturated rings. The summed E-state index contributed by atoms with van der Waals surface area (Å²) in [7, 11) is 1.78. The van der Waals surface area contributed by atoms with Crippen LogP contribution >= 0.6 is 0 Å². The molecule has 1 atom stereocenters. The van der Waals surface area contributed by atoms with Gasteiger partial charge in [0, 0.05) is 36.5 Å². The van der Waals surface area contributed by atoms with E-state index in [4.69, 9.17) is 9.47 Å². The molecular formula is C22H25N5O3. The Morgan fingerprint density at radius 3 is 2.87 bits per heavy atom. The predicted octanol–water partition coefficient (Wildman–Crippen LogP) is 3.19. The third-order valence-corrected chi connectivity index (χ3v) is 6.00. The van der Waals surface area contributed by atoms with E-state index in [-0.39, 0.29) is 12.0 Å². The number of amides is 1. The number of benzene rings is 1. The second-order valence-corrected chi connectivity index (χ2v) is 7.87. The van der Waals surface area contributed by atoms with Crippen LogP contribution in [0.3, 0.4) is 0 Å². The number of ether oxygens (including phenoxy) is 2. The SMILES string of the molecule is CO[C@H]1CC[C@@H](Nc2ncc3c(C4CNC(=O)c5ccccc5O4)c[nH]c3n2)CC1. The van der Waals surface area contributed by atoms with Crippen molar-refractivity contribution in [3.05, 3.63) is 47.8 Å². The molecule has 5 rings (SSSR count). The van der Waals surface area contributed by atoms with Crippen molar-refractivity contribution in [2.75, 3.05) is 19.0 Å². The Kier molecular flexibility index (Phi) is 5.00. The number of rotatable bonds is 4. The zero-order valence-corrected chi connectivity index (χ0v) is 16.9. The number of hydrogen-bond acceptors (Lipinski definition) is 6. The fourth-order valence-corrected chi connectivity index (χ4v) is 4.29. The van der Waals surface area contributed by atoms with Gasteiger partial charge in [-0.2, -0.15) is 4.98 Å². The van der Waals surface area contributed by atoms with Crippen LogP contribution in [0.25, 0.3) is 11.0 Å². The number of anilines is 1. The Hall–Kier alpha value is -3.13. The lowest BCUT2D eigenvalue weighted by Crippen LogP contribution is -2.29. The van der Waals surface area contributed by atoms with Gasteiger partial charge in [0.25, 0.3) is 5.91 Å². The molecule has 3 aromatic rings. The average Bonchev–Trinajstić information content (AvgIpc) is 3.12. The van der Waals surface area contributed by atoms with Gasteiger partial charge in [-0.05, 0) is 37.8 Å². The Morgan fingerprint density at radius 2 is 2.03 bits per heavy atom. The fraction of sp³-hybridized carbons (Fsp3) is 0.409. The summed E-state index contributed by atoms with van der Waals surface area (Å²) in [4.78, 5) is 24.7. The Morgan fingerprint density at radius 1 is 1.20 bits per heavy atom. The Balaban J connectivity index is 1.35. The molecule has 3 N–H and O–H groups in total. The van der Waals surface area contributed by atoms with Crippen LogP contribution in [0.2, 0.25) is 0 Å². The number of nitrogens with zero attached hydrogens (tertiary/aromatic N) is 2. The third kappa shape index (κ3) is 3.59. The second-order valence-electron chi connectivity index (χ2n) is 7.87. The van der Waals surface area contributed by atoms with Gasteiger partial charge in [-0.3, -0.25) is 4.79 Å². The molecule has 1 aliphatic heterocycles. The molecule has 30 heavy (non-hydrogen) atoms. The van der Waals surface area contributed by atoms with Gasteiger partial charge in [0.05, 0.1) is 18.2 Å². The first kappa shape index (κ1) is 18.9. The summed E-state index contributed by atoms with van der Waals surface area (Å²) in [5.74, 6) is 1.08. The van der Waals surface area contributed by atoms with E-state index in [1.807, 2.05) is 30.6 Å². The van der Waals surface area contributed by atoms with Crippen molar-refractivity contribution < 1.29 is 14.3 Å². The summed E-state index contributed by atoms with van der Waals surface area (Å²) >= 11 is 0. The van der Waals surface area contributed by atoms with Gasteiger partial charge >= 0.3 is 0 Å². The van der Waals surface area contributed by atoms with Crippen molar-refractivity contribution in [1.29, 1.82) is 0 Å². The molecular weight excluding hydrogens is 382 g/mol. The van der Waals surface area contributed by atoms with Gasteiger partial charge in [-0.15, -0.1) is 0 Å². The van der Waals surface area contributed by atoms with Crippen molar-refractivity contribution in [2.45, 2.75) is 43.9 Å². The quantitative estimate of drug-likeness (QED) is 0.614. The largest absolute Gasteiger partial charge is 0.483 e. The second kappa shape index (κ2) is 7.95. The maximum absolute atomic E-state index is 12.3. The molecule has 1 saturated carbocycles. The van der Waals surface area contributed by atoms with E-state index in [9.17, 15) is 4.79 Å². The van der Waals surface area contributed by atoms with Gasteiger partial charge in [-0.25, -0.2) is 4.98 Å². The number of carbonyl (C=O) groups excluding carboxylic acids is 1. The molecule has 156 valence electrons. The molecule has 8 nitrogen and oxygen atoms in total. The highest BCUT2D eigenvalue weighted by atomic mass is 16.5. The maximum atomic E-state index is 12.3. The van der Waals surface area contributed by atoms with Crippen molar-refractivity contribution in [3.63, 3.8) is 0 Å². The molecule has 8 heteroatoms. The Bertz CT molecular complexity index is 1060. The van der Waals surface area contributed by atoms with Gasteiger partial charge in [0.15, 0.2) is 0 Å². The standard InChI is InChI=1S/C22H25N5O3/c1-29-14-8-6-13(7-9-14)26-22-25-11-17-16(10-23-20(17)27-22)19-12-24-21(28)15-4-2-3-5-18(15)30-19/h2-5,10-11,13-14,19H,6-9,12H2,1H3,(H,24,28)(H2,23,25,26,27)/t13-,14+,19?. The molecule has 1 amide bonds. The highest BCUT2D eigenvalue weighted by molar-refractivity contribution is 5.97. The van der Waals surface area contributed by atoms with Crippen LogP contribution in [-0.2, 0) is 4.74 Å². The zero-order chi connectivity index (χ0) is 20.5. The summed E-state index contributed by atoms with van der Waals surface area (Å²) in [5.41, 5.74) is 2.22. The molecule has 3 heterocycles. The number of carbonyl (C=O) groups is 1. The van der Waals surface area contributed by atoms with E-state index in [0.29, 0.717) is 36.0 Å².